The van der Waals surface area contributed by atoms with Crippen LogP contribution >= 0.6 is 0 Å². The van der Waals surface area contributed by atoms with Crippen LogP contribution in [0, 0.1) is 5.82 Å². The summed E-state index contributed by atoms with van der Waals surface area (Å²) in [5.41, 5.74) is 6.72. The number of nitrogens with two attached hydrogens (primary N) is 1. The minimum absolute atomic E-state index is 0.199. The molecule has 1 aromatic rings. The van der Waals surface area contributed by atoms with Gasteiger partial charge >= 0.3 is 0 Å². The van der Waals surface area contributed by atoms with Gasteiger partial charge in [0.05, 0.1) is 6.10 Å². The molecule has 1 aliphatic rings. The van der Waals surface area contributed by atoms with Crippen LogP contribution in [0.2, 0.25) is 0 Å². The van der Waals surface area contributed by atoms with Gasteiger partial charge in [-0.05, 0) is 38.8 Å². The molecule has 3 nitrogen and oxygen atoms in total. The molecule has 0 radical (unpaired) electrons. The van der Waals surface area contributed by atoms with Gasteiger partial charge < -0.3 is 15.4 Å². The predicted molar refractivity (Wildman–Crippen MR) is 79.0 cm³/mol. The van der Waals surface area contributed by atoms with E-state index >= 15 is 0 Å². The molecule has 4 heteroatoms. The zero-order chi connectivity index (χ0) is 14.4. The van der Waals surface area contributed by atoms with Crippen molar-refractivity contribution < 1.29 is 9.13 Å². The van der Waals surface area contributed by atoms with Crippen LogP contribution in [0.4, 0.5) is 4.39 Å². The molecule has 1 saturated heterocycles. The van der Waals surface area contributed by atoms with Crippen molar-refractivity contribution in [2.75, 3.05) is 26.2 Å². The molecule has 2 rings (SSSR count). The molecule has 2 N–H and O–H groups in total. The average Bonchev–Trinajstić information content (AvgIpc) is 2.47. The fourth-order valence-electron chi connectivity index (χ4n) is 2.79. The summed E-state index contributed by atoms with van der Waals surface area (Å²) in [7, 11) is 0. The summed E-state index contributed by atoms with van der Waals surface area (Å²) in [5.74, 6) is -0.199. The van der Waals surface area contributed by atoms with E-state index in [1.54, 1.807) is 12.1 Å². The second-order valence-corrected chi connectivity index (χ2v) is 5.41. The summed E-state index contributed by atoms with van der Waals surface area (Å²) in [6, 6.07) is 6.57. The quantitative estimate of drug-likeness (QED) is 0.870. The Balaban J connectivity index is 1.75. The van der Waals surface area contributed by atoms with Crippen molar-refractivity contribution in [1.29, 1.82) is 0 Å². The van der Waals surface area contributed by atoms with Gasteiger partial charge in [0, 0.05) is 31.3 Å². The summed E-state index contributed by atoms with van der Waals surface area (Å²) in [4.78, 5) is 2.40. The number of likely N-dealkylation sites (tertiary alicyclic amines) is 1. The van der Waals surface area contributed by atoms with Gasteiger partial charge in [-0.25, -0.2) is 4.39 Å². The summed E-state index contributed by atoms with van der Waals surface area (Å²) < 4.78 is 19.3. The maximum absolute atomic E-state index is 13.6. The van der Waals surface area contributed by atoms with Crippen LogP contribution in [0.15, 0.2) is 24.3 Å². The van der Waals surface area contributed by atoms with Crippen LogP contribution in [0.1, 0.15) is 37.8 Å². The molecule has 1 heterocycles. The largest absolute Gasteiger partial charge is 0.378 e. The third kappa shape index (κ3) is 4.27. The van der Waals surface area contributed by atoms with Gasteiger partial charge in [-0.2, -0.15) is 0 Å². The molecule has 1 aromatic carbocycles. The van der Waals surface area contributed by atoms with Crippen molar-refractivity contribution in [3.63, 3.8) is 0 Å². The van der Waals surface area contributed by atoms with E-state index in [4.69, 9.17) is 10.5 Å². The van der Waals surface area contributed by atoms with E-state index in [2.05, 4.69) is 4.90 Å². The lowest BCUT2D eigenvalue weighted by Gasteiger charge is -2.32. The van der Waals surface area contributed by atoms with Crippen molar-refractivity contribution in [3.8, 4) is 0 Å². The Hall–Kier alpha value is -0.970. The van der Waals surface area contributed by atoms with E-state index in [9.17, 15) is 4.39 Å². The Bertz CT molecular complexity index is 405. The third-order valence-corrected chi connectivity index (χ3v) is 4.00. The van der Waals surface area contributed by atoms with Crippen molar-refractivity contribution in [1.82, 2.24) is 4.90 Å². The van der Waals surface area contributed by atoms with Gasteiger partial charge in [-0.1, -0.05) is 18.2 Å². The lowest BCUT2D eigenvalue weighted by molar-refractivity contribution is 0.0138. The van der Waals surface area contributed by atoms with E-state index in [0.29, 0.717) is 11.7 Å². The molecule has 1 atom stereocenters. The van der Waals surface area contributed by atoms with Crippen molar-refractivity contribution in [2.24, 2.45) is 5.73 Å². The molecule has 1 unspecified atom stereocenters. The standard InChI is InChI=1S/C16H25FN2O/c1-2-20-13-7-10-19(11-8-13)12-9-16(18)14-5-3-4-6-15(14)17/h3-6,13,16H,2,7-12,18H2,1H3. The molecular formula is C16H25FN2O. The number of benzene rings is 1. The minimum atomic E-state index is -0.221. The first-order chi connectivity index (χ1) is 9.70. The fraction of sp³-hybridized carbons (Fsp3) is 0.625. The van der Waals surface area contributed by atoms with Gasteiger partial charge in [-0.15, -0.1) is 0 Å². The zero-order valence-electron chi connectivity index (χ0n) is 12.2. The first-order valence-electron chi connectivity index (χ1n) is 7.54. The Kier molecular flexibility index (Phi) is 5.95. The van der Waals surface area contributed by atoms with Crippen LogP contribution in [-0.2, 0) is 4.74 Å². The summed E-state index contributed by atoms with van der Waals surface area (Å²) in [5, 5.41) is 0. The normalized spacial score (nSPS) is 19.1. The lowest BCUT2D eigenvalue weighted by Crippen LogP contribution is -2.38. The number of hydrogen-bond acceptors (Lipinski definition) is 3. The van der Waals surface area contributed by atoms with Gasteiger partial charge in [0.15, 0.2) is 0 Å². The highest BCUT2D eigenvalue weighted by Gasteiger charge is 2.20. The Morgan fingerprint density at radius 1 is 1.35 bits per heavy atom. The topological polar surface area (TPSA) is 38.5 Å². The molecular weight excluding hydrogens is 255 g/mol. The van der Waals surface area contributed by atoms with Gasteiger partial charge in [0.2, 0.25) is 0 Å². The fourth-order valence-corrected chi connectivity index (χ4v) is 2.79. The average molecular weight is 280 g/mol. The molecule has 0 aliphatic carbocycles. The molecule has 1 fully saturated rings. The highest BCUT2D eigenvalue weighted by atomic mass is 19.1. The molecule has 1 aliphatic heterocycles. The van der Waals surface area contributed by atoms with Crippen molar-refractivity contribution in [3.05, 3.63) is 35.6 Å². The first kappa shape index (κ1) is 15.4. The second-order valence-electron chi connectivity index (χ2n) is 5.41. The van der Waals surface area contributed by atoms with Crippen LogP contribution in [0.3, 0.4) is 0 Å². The minimum Gasteiger partial charge on any atom is -0.378 e. The number of ether oxygens (including phenoxy) is 1. The van der Waals surface area contributed by atoms with E-state index in [0.717, 1.165) is 45.5 Å². The van der Waals surface area contributed by atoms with Crippen LogP contribution in [0.5, 0.6) is 0 Å². The predicted octanol–water partition coefficient (Wildman–Crippen LogP) is 2.72. The maximum atomic E-state index is 13.6. The number of piperidine rings is 1. The molecule has 112 valence electrons. The van der Waals surface area contributed by atoms with Gasteiger partial charge in [0.1, 0.15) is 5.82 Å². The molecule has 0 spiro atoms. The van der Waals surface area contributed by atoms with E-state index in [-0.39, 0.29) is 11.9 Å². The van der Waals surface area contributed by atoms with Crippen LogP contribution in [0.25, 0.3) is 0 Å². The Labute approximate surface area is 120 Å². The maximum Gasteiger partial charge on any atom is 0.127 e. The zero-order valence-corrected chi connectivity index (χ0v) is 12.2. The van der Waals surface area contributed by atoms with Crippen molar-refractivity contribution in [2.45, 2.75) is 38.3 Å². The van der Waals surface area contributed by atoms with E-state index < -0.39 is 0 Å². The van der Waals surface area contributed by atoms with E-state index in [1.807, 2.05) is 13.0 Å². The van der Waals surface area contributed by atoms with Crippen LogP contribution in [-0.4, -0.2) is 37.2 Å². The SMILES string of the molecule is CCOC1CCN(CCC(N)c2ccccc2F)CC1. The summed E-state index contributed by atoms with van der Waals surface area (Å²) in [6.45, 7) is 5.86. The summed E-state index contributed by atoms with van der Waals surface area (Å²) >= 11 is 0. The van der Waals surface area contributed by atoms with Gasteiger partial charge in [0.25, 0.3) is 0 Å². The number of nitrogens with zero attached hydrogens (tertiary/aromatic N) is 1. The number of hydrogen-bond donors (Lipinski definition) is 1. The van der Waals surface area contributed by atoms with E-state index in [1.165, 1.54) is 6.07 Å². The molecule has 0 amide bonds. The molecule has 20 heavy (non-hydrogen) atoms. The second kappa shape index (κ2) is 7.72. The van der Waals surface area contributed by atoms with Crippen LogP contribution < -0.4 is 5.73 Å². The summed E-state index contributed by atoms with van der Waals surface area (Å²) in [6.07, 6.45) is 3.38. The highest BCUT2D eigenvalue weighted by Crippen LogP contribution is 2.19. The monoisotopic (exact) mass is 280 g/mol. The molecule has 0 saturated carbocycles. The number of rotatable bonds is 6. The molecule has 0 aromatic heterocycles. The third-order valence-electron chi connectivity index (χ3n) is 4.00. The lowest BCUT2D eigenvalue weighted by atomic mass is 10.0. The Morgan fingerprint density at radius 3 is 2.70 bits per heavy atom. The Morgan fingerprint density at radius 2 is 2.05 bits per heavy atom. The van der Waals surface area contributed by atoms with Gasteiger partial charge in [-0.3, -0.25) is 0 Å². The molecule has 0 bridgehead atoms. The number of halogens is 1. The first-order valence-corrected chi connectivity index (χ1v) is 7.54. The van der Waals surface area contributed by atoms with Crippen molar-refractivity contribution >= 4 is 0 Å². The smallest absolute Gasteiger partial charge is 0.127 e. The highest BCUT2D eigenvalue weighted by molar-refractivity contribution is 5.20.